The van der Waals surface area contributed by atoms with Gasteiger partial charge in [0.05, 0.1) is 0 Å². The van der Waals surface area contributed by atoms with Crippen molar-refractivity contribution in [2.45, 2.75) is 26.9 Å². The Kier molecular flexibility index (Phi) is 4.79. The van der Waals surface area contributed by atoms with Crippen LogP contribution in [0.25, 0.3) is 0 Å². The quantitative estimate of drug-likeness (QED) is 0.800. The van der Waals surface area contributed by atoms with Crippen LogP contribution in [-0.2, 0) is 13.1 Å². The standard InChI is InChI=1S/C13H22N2/c1-11(2)9-15(3)10-13-6-4-12(8-14)5-7-13/h4-7,11H,8-10,14H2,1-3H3. The fourth-order valence-corrected chi connectivity index (χ4v) is 1.78. The Labute approximate surface area is 93.1 Å². The first kappa shape index (κ1) is 12.2. The molecule has 0 unspecified atom stereocenters. The van der Waals surface area contributed by atoms with E-state index in [0.29, 0.717) is 6.54 Å². The average Bonchev–Trinajstić information content (AvgIpc) is 2.17. The molecule has 2 heteroatoms. The summed E-state index contributed by atoms with van der Waals surface area (Å²) in [7, 11) is 2.16. The molecule has 1 aromatic rings. The lowest BCUT2D eigenvalue weighted by molar-refractivity contribution is 0.288. The maximum Gasteiger partial charge on any atom is 0.0230 e. The Hall–Kier alpha value is -0.860. The van der Waals surface area contributed by atoms with Crippen molar-refractivity contribution >= 4 is 0 Å². The molecule has 2 nitrogen and oxygen atoms in total. The van der Waals surface area contributed by atoms with Crippen molar-refractivity contribution < 1.29 is 0 Å². The van der Waals surface area contributed by atoms with Crippen LogP contribution in [0.1, 0.15) is 25.0 Å². The number of nitrogens with two attached hydrogens (primary N) is 1. The van der Waals surface area contributed by atoms with Crippen molar-refractivity contribution in [3.8, 4) is 0 Å². The van der Waals surface area contributed by atoms with Gasteiger partial charge in [-0.2, -0.15) is 0 Å². The van der Waals surface area contributed by atoms with Crippen molar-refractivity contribution in [2.75, 3.05) is 13.6 Å². The molecule has 0 fully saturated rings. The normalized spacial score (nSPS) is 11.3. The third kappa shape index (κ3) is 4.45. The second kappa shape index (κ2) is 5.89. The Bertz CT molecular complexity index is 277. The fourth-order valence-electron chi connectivity index (χ4n) is 1.78. The van der Waals surface area contributed by atoms with Crippen molar-refractivity contribution in [3.05, 3.63) is 35.4 Å². The third-order valence-corrected chi connectivity index (χ3v) is 2.39. The van der Waals surface area contributed by atoms with Crippen molar-refractivity contribution in [1.29, 1.82) is 0 Å². The summed E-state index contributed by atoms with van der Waals surface area (Å²) >= 11 is 0. The summed E-state index contributed by atoms with van der Waals surface area (Å²) in [4.78, 5) is 2.35. The number of hydrogen-bond donors (Lipinski definition) is 1. The minimum atomic E-state index is 0.627. The summed E-state index contributed by atoms with van der Waals surface area (Å²) in [6.45, 7) is 7.27. The van der Waals surface area contributed by atoms with Gasteiger partial charge in [-0.1, -0.05) is 38.1 Å². The first-order chi connectivity index (χ1) is 7.11. The molecule has 1 rings (SSSR count). The van der Waals surface area contributed by atoms with Gasteiger partial charge in [0.15, 0.2) is 0 Å². The lowest BCUT2D eigenvalue weighted by atomic mass is 10.1. The van der Waals surface area contributed by atoms with E-state index in [1.807, 2.05) is 0 Å². The van der Waals surface area contributed by atoms with Gasteiger partial charge in [0.25, 0.3) is 0 Å². The van der Waals surface area contributed by atoms with Gasteiger partial charge in [-0.25, -0.2) is 0 Å². The molecular weight excluding hydrogens is 184 g/mol. The number of benzene rings is 1. The first-order valence-corrected chi connectivity index (χ1v) is 5.58. The number of hydrogen-bond acceptors (Lipinski definition) is 2. The summed E-state index contributed by atoms with van der Waals surface area (Å²) < 4.78 is 0. The van der Waals surface area contributed by atoms with E-state index in [2.05, 4.69) is 50.1 Å². The SMILES string of the molecule is CC(C)CN(C)Cc1ccc(CN)cc1. The molecule has 0 amide bonds. The number of rotatable bonds is 5. The van der Waals surface area contributed by atoms with E-state index in [-0.39, 0.29) is 0 Å². The molecule has 0 spiro atoms. The van der Waals surface area contributed by atoms with Crippen LogP contribution in [-0.4, -0.2) is 18.5 Å². The largest absolute Gasteiger partial charge is 0.326 e. The topological polar surface area (TPSA) is 29.3 Å². The second-order valence-corrected chi connectivity index (χ2v) is 4.61. The van der Waals surface area contributed by atoms with E-state index >= 15 is 0 Å². The summed E-state index contributed by atoms with van der Waals surface area (Å²) in [5, 5.41) is 0. The van der Waals surface area contributed by atoms with E-state index in [0.717, 1.165) is 19.0 Å². The molecule has 0 radical (unpaired) electrons. The second-order valence-electron chi connectivity index (χ2n) is 4.61. The van der Waals surface area contributed by atoms with Crippen molar-refractivity contribution in [3.63, 3.8) is 0 Å². The van der Waals surface area contributed by atoms with Gasteiger partial charge < -0.3 is 10.6 Å². The molecule has 1 aromatic carbocycles. The van der Waals surface area contributed by atoms with Crippen LogP contribution >= 0.6 is 0 Å². The van der Waals surface area contributed by atoms with Gasteiger partial charge in [-0.05, 0) is 24.1 Å². The van der Waals surface area contributed by atoms with E-state index in [1.54, 1.807) is 0 Å². The molecular formula is C13H22N2. The van der Waals surface area contributed by atoms with Crippen LogP contribution in [0, 0.1) is 5.92 Å². The van der Waals surface area contributed by atoms with Crippen LogP contribution in [0.4, 0.5) is 0 Å². The monoisotopic (exact) mass is 206 g/mol. The highest BCUT2D eigenvalue weighted by molar-refractivity contribution is 5.22. The molecule has 0 aliphatic heterocycles. The van der Waals surface area contributed by atoms with Crippen LogP contribution in [0.2, 0.25) is 0 Å². The Morgan fingerprint density at radius 3 is 2.13 bits per heavy atom. The smallest absolute Gasteiger partial charge is 0.0230 e. The highest BCUT2D eigenvalue weighted by atomic mass is 15.1. The van der Waals surface area contributed by atoms with Crippen molar-refractivity contribution in [1.82, 2.24) is 4.90 Å². The zero-order chi connectivity index (χ0) is 11.3. The minimum Gasteiger partial charge on any atom is -0.326 e. The van der Waals surface area contributed by atoms with Gasteiger partial charge in [-0.3, -0.25) is 0 Å². The van der Waals surface area contributed by atoms with Crippen LogP contribution in [0.3, 0.4) is 0 Å². The summed E-state index contributed by atoms with van der Waals surface area (Å²) in [5.41, 5.74) is 8.11. The molecule has 0 saturated heterocycles. The maximum atomic E-state index is 5.56. The Morgan fingerprint density at radius 1 is 1.13 bits per heavy atom. The zero-order valence-corrected chi connectivity index (χ0v) is 10.0. The fraction of sp³-hybridized carbons (Fsp3) is 0.538. The zero-order valence-electron chi connectivity index (χ0n) is 10.0. The van der Waals surface area contributed by atoms with Crippen LogP contribution < -0.4 is 5.73 Å². The highest BCUT2D eigenvalue weighted by Crippen LogP contribution is 2.07. The molecule has 0 bridgehead atoms. The molecule has 0 aliphatic rings. The lowest BCUT2D eigenvalue weighted by Gasteiger charge is -2.18. The van der Waals surface area contributed by atoms with Gasteiger partial charge in [0.1, 0.15) is 0 Å². The van der Waals surface area contributed by atoms with Crippen molar-refractivity contribution in [2.24, 2.45) is 11.7 Å². The van der Waals surface area contributed by atoms with Crippen LogP contribution in [0.5, 0.6) is 0 Å². The predicted octanol–water partition coefficient (Wildman–Crippen LogP) is 2.23. The Morgan fingerprint density at radius 2 is 1.67 bits per heavy atom. The molecule has 0 aromatic heterocycles. The summed E-state index contributed by atoms with van der Waals surface area (Å²) in [5.74, 6) is 0.721. The molecule has 15 heavy (non-hydrogen) atoms. The molecule has 84 valence electrons. The molecule has 0 heterocycles. The van der Waals surface area contributed by atoms with Gasteiger partial charge in [0, 0.05) is 19.6 Å². The molecule has 0 aliphatic carbocycles. The first-order valence-electron chi connectivity index (χ1n) is 5.58. The van der Waals surface area contributed by atoms with E-state index in [4.69, 9.17) is 5.73 Å². The van der Waals surface area contributed by atoms with Crippen LogP contribution in [0.15, 0.2) is 24.3 Å². The lowest BCUT2D eigenvalue weighted by Crippen LogP contribution is -2.22. The third-order valence-electron chi connectivity index (χ3n) is 2.39. The summed E-state index contributed by atoms with van der Waals surface area (Å²) in [6.07, 6.45) is 0. The highest BCUT2D eigenvalue weighted by Gasteiger charge is 2.02. The Balaban J connectivity index is 2.49. The average molecular weight is 206 g/mol. The van der Waals surface area contributed by atoms with Gasteiger partial charge in [0.2, 0.25) is 0 Å². The molecule has 2 N–H and O–H groups in total. The summed E-state index contributed by atoms with van der Waals surface area (Å²) in [6, 6.07) is 8.55. The van der Waals surface area contributed by atoms with Gasteiger partial charge >= 0.3 is 0 Å². The predicted molar refractivity (Wildman–Crippen MR) is 65.5 cm³/mol. The number of nitrogens with zero attached hydrogens (tertiary/aromatic N) is 1. The van der Waals surface area contributed by atoms with E-state index < -0.39 is 0 Å². The van der Waals surface area contributed by atoms with E-state index in [1.165, 1.54) is 11.1 Å². The molecule has 0 atom stereocenters. The minimum absolute atomic E-state index is 0.627. The molecule has 0 saturated carbocycles. The van der Waals surface area contributed by atoms with E-state index in [9.17, 15) is 0 Å². The van der Waals surface area contributed by atoms with Gasteiger partial charge in [-0.15, -0.1) is 0 Å². The maximum absolute atomic E-state index is 5.56.